The molecule has 0 radical (unpaired) electrons. The zero-order valence-corrected chi connectivity index (χ0v) is 11.1. The summed E-state index contributed by atoms with van der Waals surface area (Å²) in [4.78, 5) is 11.2. The van der Waals surface area contributed by atoms with Gasteiger partial charge in [0.05, 0.1) is 12.0 Å². The number of rotatable bonds is 5. The summed E-state index contributed by atoms with van der Waals surface area (Å²) in [5.41, 5.74) is -0.937. The molecule has 0 saturated heterocycles. The molecule has 8 heteroatoms. The quantitative estimate of drug-likeness (QED) is 0.848. The second kappa shape index (κ2) is 4.79. The maximum atomic E-state index is 11.2. The molecule has 1 unspecified atom stereocenters. The molecular weight excluding hydrogens is 248 g/mol. The summed E-state index contributed by atoms with van der Waals surface area (Å²) in [5, 5.41) is 24.7. The van der Waals surface area contributed by atoms with Gasteiger partial charge in [0.15, 0.2) is 5.82 Å². The van der Waals surface area contributed by atoms with Crippen LogP contribution in [0.25, 0.3) is 0 Å². The van der Waals surface area contributed by atoms with E-state index in [0.717, 1.165) is 0 Å². The molecular formula is C11H16N6O2. The summed E-state index contributed by atoms with van der Waals surface area (Å²) in [6.45, 7) is 5.39. The highest BCUT2D eigenvalue weighted by Gasteiger charge is 2.30. The second-order valence-corrected chi connectivity index (χ2v) is 5.05. The van der Waals surface area contributed by atoms with Gasteiger partial charge in [0, 0.05) is 12.4 Å². The molecule has 2 aromatic heterocycles. The van der Waals surface area contributed by atoms with Crippen molar-refractivity contribution in [3.63, 3.8) is 0 Å². The number of aromatic nitrogens is 6. The third-order valence-electron chi connectivity index (χ3n) is 2.98. The van der Waals surface area contributed by atoms with Crippen molar-refractivity contribution in [3.8, 4) is 0 Å². The number of aliphatic carboxylic acids is 1. The first-order valence-corrected chi connectivity index (χ1v) is 5.90. The van der Waals surface area contributed by atoms with Crippen molar-refractivity contribution < 1.29 is 9.90 Å². The third-order valence-corrected chi connectivity index (χ3v) is 2.98. The number of hydrogen-bond acceptors (Lipinski definition) is 5. The summed E-state index contributed by atoms with van der Waals surface area (Å²) in [7, 11) is 0. The number of hydrogen-bond donors (Lipinski definition) is 1. The molecule has 2 heterocycles. The van der Waals surface area contributed by atoms with Crippen molar-refractivity contribution in [1.82, 2.24) is 30.0 Å². The molecule has 0 aromatic carbocycles. The fraction of sp³-hybridized carbons (Fsp3) is 0.545. The molecule has 0 aliphatic heterocycles. The molecule has 1 N–H and O–H groups in total. The molecule has 0 bridgehead atoms. The fourth-order valence-corrected chi connectivity index (χ4v) is 1.69. The van der Waals surface area contributed by atoms with Gasteiger partial charge in [-0.2, -0.15) is 5.10 Å². The van der Waals surface area contributed by atoms with Crippen LogP contribution in [-0.2, 0) is 11.3 Å². The molecule has 0 aliphatic rings. The Labute approximate surface area is 110 Å². The van der Waals surface area contributed by atoms with Crippen molar-refractivity contribution in [2.75, 3.05) is 0 Å². The van der Waals surface area contributed by atoms with Crippen LogP contribution in [0.5, 0.6) is 0 Å². The van der Waals surface area contributed by atoms with Crippen molar-refractivity contribution in [2.24, 2.45) is 5.41 Å². The van der Waals surface area contributed by atoms with Crippen molar-refractivity contribution in [2.45, 2.75) is 33.4 Å². The topological polar surface area (TPSA) is 98.7 Å². The van der Waals surface area contributed by atoms with E-state index >= 15 is 0 Å². The van der Waals surface area contributed by atoms with Crippen LogP contribution in [0.15, 0.2) is 18.5 Å². The molecule has 19 heavy (non-hydrogen) atoms. The molecule has 1 atom stereocenters. The number of carboxylic acids is 1. The van der Waals surface area contributed by atoms with Gasteiger partial charge in [0.25, 0.3) is 0 Å². The van der Waals surface area contributed by atoms with Crippen LogP contribution in [0.4, 0.5) is 0 Å². The van der Waals surface area contributed by atoms with Gasteiger partial charge in [-0.3, -0.25) is 9.48 Å². The summed E-state index contributed by atoms with van der Waals surface area (Å²) in [5.74, 6) is -0.307. The Balaban J connectivity index is 2.26. The lowest BCUT2D eigenvalue weighted by Crippen LogP contribution is -2.31. The first-order chi connectivity index (χ1) is 8.92. The van der Waals surface area contributed by atoms with Crippen molar-refractivity contribution in [1.29, 1.82) is 0 Å². The zero-order chi connectivity index (χ0) is 14.0. The molecule has 0 amide bonds. The van der Waals surface area contributed by atoms with E-state index < -0.39 is 11.4 Å². The minimum absolute atomic E-state index is 0.158. The van der Waals surface area contributed by atoms with Crippen LogP contribution in [0.2, 0.25) is 0 Å². The smallest absolute Gasteiger partial charge is 0.310 e. The van der Waals surface area contributed by atoms with Gasteiger partial charge in [0.2, 0.25) is 0 Å². The normalized spacial score (nSPS) is 13.4. The lowest BCUT2D eigenvalue weighted by Gasteiger charge is -2.20. The average Bonchev–Trinajstić information content (AvgIpc) is 2.97. The molecule has 0 spiro atoms. The lowest BCUT2D eigenvalue weighted by molar-refractivity contribution is -0.147. The minimum atomic E-state index is -0.937. The largest absolute Gasteiger partial charge is 0.481 e. The van der Waals surface area contributed by atoms with Crippen LogP contribution in [-0.4, -0.2) is 41.1 Å². The maximum absolute atomic E-state index is 11.2. The predicted octanol–water partition coefficient (Wildman–Crippen LogP) is 0.590. The molecule has 0 aliphatic carbocycles. The number of nitrogens with zero attached hydrogens (tertiary/aromatic N) is 6. The number of carboxylic acid groups (broad SMARTS) is 1. The summed E-state index contributed by atoms with van der Waals surface area (Å²) in [6.07, 6.45) is 3.48. The minimum Gasteiger partial charge on any atom is -0.481 e. The van der Waals surface area contributed by atoms with Crippen molar-refractivity contribution in [3.05, 3.63) is 24.3 Å². The van der Waals surface area contributed by atoms with E-state index in [9.17, 15) is 4.79 Å². The van der Waals surface area contributed by atoms with Gasteiger partial charge in [-0.1, -0.05) is 0 Å². The fourth-order valence-electron chi connectivity index (χ4n) is 1.69. The Kier molecular flexibility index (Phi) is 3.32. The van der Waals surface area contributed by atoms with E-state index in [4.69, 9.17) is 5.11 Å². The number of tetrazole rings is 1. The monoisotopic (exact) mass is 264 g/mol. The van der Waals surface area contributed by atoms with Gasteiger partial charge >= 0.3 is 5.97 Å². The molecule has 0 fully saturated rings. The third kappa shape index (κ3) is 2.61. The Morgan fingerprint density at radius 1 is 1.53 bits per heavy atom. The summed E-state index contributed by atoms with van der Waals surface area (Å²) < 4.78 is 3.23. The van der Waals surface area contributed by atoms with E-state index in [1.165, 1.54) is 4.68 Å². The molecule has 102 valence electrons. The van der Waals surface area contributed by atoms with Crippen LogP contribution in [0.3, 0.4) is 0 Å². The van der Waals surface area contributed by atoms with Crippen LogP contribution >= 0.6 is 0 Å². The van der Waals surface area contributed by atoms with E-state index in [1.807, 2.05) is 19.2 Å². The van der Waals surface area contributed by atoms with Crippen LogP contribution in [0, 0.1) is 5.41 Å². The van der Waals surface area contributed by atoms with Gasteiger partial charge in [-0.15, -0.1) is 5.10 Å². The first-order valence-electron chi connectivity index (χ1n) is 5.90. The zero-order valence-electron chi connectivity index (χ0n) is 11.1. The van der Waals surface area contributed by atoms with E-state index in [2.05, 4.69) is 20.6 Å². The Morgan fingerprint density at radius 2 is 2.26 bits per heavy atom. The van der Waals surface area contributed by atoms with Crippen molar-refractivity contribution >= 4 is 5.97 Å². The Bertz CT molecular complexity index is 560. The Morgan fingerprint density at radius 3 is 2.84 bits per heavy atom. The highest BCUT2D eigenvalue weighted by Crippen LogP contribution is 2.21. The van der Waals surface area contributed by atoms with Gasteiger partial charge in [0.1, 0.15) is 6.04 Å². The molecule has 2 rings (SSSR count). The van der Waals surface area contributed by atoms with Crippen LogP contribution in [0.1, 0.15) is 32.6 Å². The molecule has 2 aromatic rings. The summed E-state index contributed by atoms with van der Waals surface area (Å²) >= 11 is 0. The SMILES string of the molecule is CC(c1nnnn1CC(C)(C)C(=O)O)n1cccn1. The number of carbonyl (C=O) groups is 1. The maximum Gasteiger partial charge on any atom is 0.310 e. The van der Waals surface area contributed by atoms with Gasteiger partial charge < -0.3 is 5.11 Å². The Hall–Kier alpha value is -2.25. The highest BCUT2D eigenvalue weighted by atomic mass is 16.4. The standard InChI is InChI=1S/C11H16N6O2/c1-8(16-6-4-5-12-16)9-13-14-15-17(9)7-11(2,3)10(18)19/h4-6,8H,7H2,1-3H3,(H,18,19). The second-order valence-electron chi connectivity index (χ2n) is 5.05. The van der Waals surface area contributed by atoms with E-state index in [1.54, 1.807) is 24.7 Å². The molecule has 8 nitrogen and oxygen atoms in total. The highest BCUT2D eigenvalue weighted by molar-refractivity contribution is 5.73. The van der Waals surface area contributed by atoms with E-state index in [-0.39, 0.29) is 12.6 Å². The van der Waals surface area contributed by atoms with Gasteiger partial charge in [-0.25, -0.2) is 4.68 Å². The predicted molar refractivity (Wildman–Crippen MR) is 65.3 cm³/mol. The lowest BCUT2D eigenvalue weighted by atomic mass is 9.94. The average molecular weight is 264 g/mol. The van der Waals surface area contributed by atoms with Crippen LogP contribution < -0.4 is 0 Å². The van der Waals surface area contributed by atoms with Gasteiger partial charge in [-0.05, 0) is 37.3 Å². The molecule has 0 saturated carbocycles. The first kappa shape index (κ1) is 13.2. The van der Waals surface area contributed by atoms with E-state index in [0.29, 0.717) is 5.82 Å². The summed E-state index contributed by atoms with van der Waals surface area (Å²) in [6, 6.07) is 1.65.